The zero-order chi connectivity index (χ0) is 19.9. The van der Waals surface area contributed by atoms with Crippen molar-refractivity contribution in [1.29, 1.82) is 0 Å². The zero-order valence-electron chi connectivity index (χ0n) is 15.9. The summed E-state index contributed by atoms with van der Waals surface area (Å²) in [5, 5.41) is 7.45. The number of primary amides is 1. The fourth-order valence-electron chi connectivity index (χ4n) is 3.28. The van der Waals surface area contributed by atoms with Gasteiger partial charge in [0.1, 0.15) is 11.5 Å². The molecule has 27 heavy (non-hydrogen) atoms. The highest BCUT2D eigenvalue weighted by molar-refractivity contribution is 6.00. The number of carbonyl (C=O) groups excluding carboxylic acids is 2. The second-order valence-electron chi connectivity index (χ2n) is 7.90. The lowest BCUT2D eigenvalue weighted by molar-refractivity contribution is 0.0996. The zero-order valence-corrected chi connectivity index (χ0v) is 15.9. The third-order valence-corrected chi connectivity index (χ3v) is 4.37. The molecule has 3 N–H and O–H groups in total. The highest BCUT2D eigenvalue weighted by Crippen LogP contribution is 2.31. The van der Waals surface area contributed by atoms with Gasteiger partial charge in [0.2, 0.25) is 0 Å². The summed E-state index contributed by atoms with van der Waals surface area (Å²) >= 11 is 0. The maximum Gasteiger partial charge on any atom is 0.318 e. The van der Waals surface area contributed by atoms with E-state index in [2.05, 4.69) is 10.4 Å². The summed E-state index contributed by atoms with van der Waals surface area (Å²) in [6, 6.07) is 5.50. The van der Waals surface area contributed by atoms with E-state index in [1.807, 2.05) is 27.7 Å². The van der Waals surface area contributed by atoms with E-state index in [0.29, 0.717) is 23.5 Å². The molecule has 144 valence electrons. The van der Waals surface area contributed by atoms with E-state index >= 15 is 0 Å². The maximum absolute atomic E-state index is 13.7. The second-order valence-corrected chi connectivity index (χ2v) is 7.90. The van der Waals surface area contributed by atoms with Gasteiger partial charge in [-0.15, -0.1) is 0 Å². The second kappa shape index (κ2) is 6.68. The molecule has 0 saturated carbocycles. The van der Waals surface area contributed by atoms with E-state index in [0.717, 1.165) is 0 Å². The van der Waals surface area contributed by atoms with Crippen LogP contribution in [0.3, 0.4) is 0 Å². The molecule has 1 unspecified atom stereocenters. The van der Waals surface area contributed by atoms with Gasteiger partial charge in [-0.2, -0.15) is 5.10 Å². The lowest BCUT2D eigenvalue weighted by Crippen LogP contribution is -2.51. The maximum atomic E-state index is 13.7. The van der Waals surface area contributed by atoms with Gasteiger partial charge in [0.15, 0.2) is 0 Å². The molecule has 1 aliphatic heterocycles. The average molecular weight is 373 g/mol. The Hall–Kier alpha value is -2.90. The van der Waals surface area contributed by atoms with Crippen LogP contribution in [-0.2, 0) is 6.54 Å². The molecule has 1 aromatic heterocycles. The van der Waals surface area contributed by atoms with Crippen molar-refractivity contribution in [3.8, 4) is 11.3 Å². The fourth-order valence-corrected chi connectivity index (χ4v) is 3.28. The van der Waals surface area contributed by atoms with Crippen LogP contribution in [0.1, 0.15) is 49.8 Å². The quantitative estimate of drug-likeness (QED) is 0.847. The Morgan fingerprint density at radius 2 is 2.04 bits per heavy atom. The van der Waals surface area contributed by atoms with Crippen LogP contribution in [0.4, 0.5) is 9.18 Å². The highest BCUT2D eigenvalue weighted by atomic mass is 19.1. The van der Waals surface area contributed by atoms with Crippen molar-refractivity contribution >= 4 is 11.9 Å². The Bertz CT molecular complexity index is 900. The minimum atomic E-state index is -0.652. The van der Waals surface area contributed by atoms with Crippen molar-refractivity contribution in [1.82, 2.24) is 20.0 Å². The molecule has 3 rings (SSSR count). The number of nitrogens with zero attached hydrogens (tertiary/aromatic N) is 3. The van der Waals surface area contributed by atoms with Crippen molar-refractivity contribution in [2.24, 2.45) is 5.73 Å². The molecule has 0 aliphatic carbocycles. The number of halogens is 1. The number of benzene rings is 1. The van der Waals surface area contributed by atoms with E-state index in [1.54, 1.807) is 21.7 Å². The summed E-state index contributed by atoms with van der Waals surface area (Å²) in [6.45, 7) is 8.26. The van der Waals surface area contributed by atoms with Crippen LogP contribution < -0.4 is 11.1 Å². The molecule has 2 heterocycles. The van der Waals surface area contributed by atoms with E-state index in [1.165, 1.54) is 12.1 Å². The van der Waals surface area contributed by atoms with E-state index in [9.17, 15) is 14.0 Å². The number of nitrogens with two attached hydrogens (primary N) is 1. The van der Waals surface area contributed by atoms with Crippen LogP contribution in [0.5, 0.6) is 0 Å². The van der Waals surface area contributed by atoms with Crippen LogP contribution in [-0.4, -0.2) is 38.7 Å². The first-order valence-corrected chi connectivity index (χ1v) is 8.81. The monoisotopic (exact) mass is 373 g/mol. The molecule has 0 saturated heterocycles. The molecule has 2 aromatic rings. The molecular formula is C19H24FN5O2. The summed E-state index contributed by atoms with van der Waals surface area (Å²) in [5.41, 5.74) is 6.84. The van der Waals surface area contributed by atoms with Gasteiger partial charge in [-0.1, -0.05) is 12.1 Å². The third kappa shape index (κ3) is 3.79. The third-order valence-electron chi connectivity index (χ3n) is 4.37. The Morgan fingerprint density at radius 1 is 1.33 bits per heavy atom. The smallest absolute Gasteiger partial charge is 0.318 e. The average Bonchev–Trinajstić information content (AvgIpc) is 2.93. The predicted molar refractivity (Wildman–Crippen MR) is 99.5 cm³/mol. The van der Waals surface area contributed by atoms with Crippen LogP contribution in [0, 0.1) is 5.82 Å². The number of hydrogen-bond acceptors (Lipinski definition) is 3. The van der Waals surface area contributed by atoms with Gasteiger partial charge in [-0.05, 0) is 39.8 Å². The standard InChI is InChI=1S/C19H24FN5O2/c1-11-9-24(18(27)22-19(2,3)4)10-14-15(17(21)26)16(23-25(11)14)12-6-5-7-13(20)8-12/h5-8,11H,9-10H2,1-4H3,(H2,21,26)(H,22,27). The number of carbonyl (C=O) groups is 2. The molecule has 0 spiro atoms. The topological polar surface area (TPSA) is 93.2 Å². The van der Waals surface area contributed by atoms with Gasteiger partial charge in [-0.25, -0.2) is 9.18 Å². The molecule has 1 aromatic carbocycles. The molecule has 3 amide bonds. The summed E-state index contributed by atoms with van der Waals surface area (Å²) in [7, 11) is 0. The van der Waals surface area contributed by atoms with E-state index in [4.69, 9.17) is 5.73 Å². The number of amides is 3. The molecule has 0 bridgehead atoms. The molecule has 1 aliphatic rings. The summed E-state index contributed by atoms with van der Waals surface area (Å²) in [5.74, 6) is -1.08. The van der Waals surface area contributed by atoms with Crippen LogP contribution in [0.25, 0.3) is 11.3 Å². The van der Waals surface area contributed by atoms with Gasteiger partial charge < -0.3 is 16.0 Å². The first-order chi connectivity index (χ1) is 12.6. The first-order valence-electron chi connectivity index (χ1n) is 8.81. The summed E-state index contributed by atoms with van der Waals surface area (Å²) in [6.07, 6.45) is 0. The number of nitrogens with one attached hydrogen (secondary N) is 1. The Balaban J connectivity index is 2.04. The van der Waals surface area contributed by atoms with E-state index in [-0.39, 0.29) is 29.7 Å². The van der Waals surface area contributed by atoms with Gasteiger partial charge in [0, 0.05) is 17.6 Å². The van der Waals surface area contributed by atoms with Crippen molar-refractivity contribution in [2.75, 3.05) is 6.54 Å². The number of fused-ring (bicyclic) bond motifs is 1. The molecule has 1 atom stereocenters. The van der Waals surface area contributed by atoms with Gasteiger partial charge in [0.05, 0.1) is 23.8 Å². The highest BCUT2D eigenvalue weighted by Gasteiger charge is 2.33. The Labute approximate surface area is 157 Å². The van der Waals surface area contributed by atoms with Crippen molar-refractivity contribution in [3.63, 3.8) is 0 Å². The van der Waals surface area contributed by atoms with Crippen molar-refractivity contribution in [2.45, 2.75) is 45.8 Å². The van der Waals surface area contributed by atoms with Crippen LogP contribution in [0.15, 0.2) is 24.3 Å². The van der Waals surface area contributed by atoms with E-state index < -0.39 is 11.7 Å². The van der Waals surface area contributed by atoms with Crippen LogP contribution >= 0.6 is 0 Å². The van der Waals surface area contributed by atoms with Gasteiger partial charge >= 0.3 is 6.03 Å². The number of rotatable bonds is 2. The lowest BCUT2D eigenvalue weighted by Gasteiger charge is -2.34. The summed E-state index contributed by atoms with van der Waals surface area (Å²) < 4.78 is 15.4. The SMILES string of the molecule is CC1CN(C(=O)NC(C)(C)C)Cc2c(C(N)=O)c(-c3cccc(F)c3)nn21. The Kier molecular flexibility index (Phi) is 4.67. The molecular weight excluding hydrogens is 349 g/mol. The number of hydrogen-bond donors (Lipinski definition) is 2. The Morgan fingerprint density at radius 3 is 2.63 bits per heavy atom. The predicted octanol–water partition coefficient (Wildman–Crippen LogP) is 2.67. The normalized spacial score (nSPS) is 16.8. The van der Waals surface area contributed by atoms with Crippen molar-refractivity contribution < 1.29 is 14.0 Å². The number of urea groups is 1. The fraction of sp³-hybridized carbons (Fsp3) is 0.421. The molecule has 8 heteroatoms. The minimum Gasteiger partial charge on any atom is -0.365 e. The lowest BCUT2D eigenvalue weighted by atomic mass is 10.0. The van der Waals surface area contributed by atoms with Crippen molar-refractivity contribution in [3.05, 3.63) is 41.3 Å². The minimum absolute atomic E-state index is 0.153. The molecule has 0 radical (unpaired) electrons. The van der Waals surface area contributed by atoms with Gasteiger partial charge in [0.25, 0.3) is 5.91 Å². The van der Waals surface area contributed by atoms with Gasteiger partial charge in [-0.3, -0.25) is 9.48 Å². The number of aromatic nitrogens is 2. The first kappa shape index (κ1) is 18.9. The molecule has 0 fully saturated rings. The summed E-state index contributed by atoms with van der Waals surface area (Å²) in [4.78, 5) is 26.4. The molecule has 7 nitrogen and oxygen atoms in total. The largest absolute Gasteiger partial charge is 0.365 e. The van der Waals surface area contributed by atoms with Crippen LogP contribution in [0.2, 0.25) is 0 Å².